The Hall–Kier alpha value is -1.48. The molecule has 0 unspecified atom stereocenters. The molecule has 3 nitrogen and oxygen atoms in total. The third-order valence-corrected chi connectivity index (χ3v) is 4.19. The molecule has 1 aromatic carbocycles. The number of carbonyl (C=O) groups is 1. The molecular formula is C15H19ClN2O. The van der Waals surface area contributed by atoms with Crippen LogP contribution < -0.4 is 10.2 Å². The summed E-state index contributed by atoms with van der Waals surface area (Å²) < 4.78 is 0. The highest BCUT2D eigenvalue weighted by Crippen LogP contribution is 2.49. The molecule has 0 radical (unpaired) electrons. The maximum atomic E-state index is 11.5. The molecule has 102 valence electrons. The predicted octanol–water partition coefficient (Wildman–Crippen LogP) is 3.41. The van der Waals surface area contributed by atoms with Gasteiger partial charge >= 0.3 is 0 Å². The van der Waals surface area contributed by atoms with E-state index in [0.717, 1.165) is 22.6 Å². The van der Waals surface area contributed by atoms with Crippen LogP contribution in [0.4, 0.5) is 11.4 Å². The zero-order valence-electron chi connectivity index (χ0n) is 11.8. The van der Waals surface area contributed by atoms with Gasteiger partial charge in [0.05, 0.1) is 0 Å². The van der Waals surface area contributed by atoms with Crippen molar-refractivity contribution in [3.8, 4) is 0 Å². The van der Waals surface area contributed by atoms with Crippen LogP contribution in [0, 0.1) is 6.92 Å². The van der Waals surface area contributed by atoms with Crippen molar-refractivity contribution in [1.82, 2.24) is 0 Å². The summed E-state index contributed by atoms with van der Waals surface area (Å²) in [5.74, 6) is -0.223. The number of benzene rings is 1. The highest BCUT2D eigenvalue weighted by molar-refractivity contribution is 6.29. The minimum atomic E-state index is -0.187. The van der Waals surface area contributed by atoms with E-state index in [-0.39, 0.29) is 17.2 Å². The number of rotatable bonds is 2. The smallest absolute Gasteiger partial charge is 0.239 e. The van der Waals surface area contributed by atoms with Crippen LogP contribution in [-0.2, 0) is 10.2 Å². The average molecular weight is 279 g/mol. The minimum Gasteiger partial charge on any atom is -0.348 e. The number of alkyl halides is 1. The van der Waals surface area contributed by atoms with E-state index in [1.165, 1.54) is 5.56 Å². The summed E-state index contributed by atoms with van der Waals surface area (Å²) in [5.41, 5.74) is 5.19. The lowest BCUT2D eigenvalue weighted by Crippen LogP contribution is -2.22. The molecule has 0 atom stereocenters. The van der Waals surface area contributed by atoms with Gasteiger partial charge in [-0.15, -0.1) is 11.6 Å². The summed E-state index contributed by atoms with van der Waals surface area (Å²) in [5, 5.41) is 2.84. The van der Waals surface area contributed by atoms with Gasteiger partial charge in [0.2, 0.25) is 5.91 Å². The molecule has 1 aliphatic heterocycles. The highest BCUT2D eigenvalue weighted by atomic mass is 35.5. The summed E-state index contributed by atoms with van der Waals surface area (Å²) in [6.45, 7) is 10.5. The number of nitrogens with one attached hydrogen (secondary N) is 1. The molecule has 1 amide bonds. The SMILES string of the molecule is C=C1N(C)c2ccc(NC(=O)CCl)c(C)c2C1(C)C. The molecule has 0 spiro atoms. The highest BCUT2D eigenvalue weighted by Gasteiger charge is 2.39. The average Bonchev–Trinajstić information content (AvgIpc) is 2.54. The van der Waals surface area contributed by atoms with E-state index in [2.05, 4.69) is 30.6 Å². The third-order valence-electron chi connectivity index (χ3n) is 3.95. The number of carbonyl (C=O) groups excluding carboxylic acids is 1. The lowest BCUT2D eigenvalue weighted by molar-refractivity contribution is -0.113. The quantitative estimate of drug-likeness (QED) is 0.841. The third kappa shape index (κ3) is 2.02. The zero-order chi connectivity index (χ0) is 14.4. The lowest BCUT2D eigenvalue weighted by atomic mass is 9.81. The molecule has 0 aliphatic carbocycles. The lowest BCUT2D eigenvalue weighted by Gasteiger charge is -2.23. The van der Waals surface area contributed by atoms with Gasteiger partial charge in [-0.1, -0.05) is 20.4 Å². The molecule has 4 heteroatoms. The number of nitrogens with zero attached hydrogens (tertiary/aromatic N) is 1. The summed E-state index contributed by atoms with van der Waals surface area (Å²) in [7, 11) is 2.02. The van der Waals surface area contributed by atoms with Crippen molar-refractivity contribution in [1.29, 1.82) is 0 Å². The molecule has 1 aliphatic rings. The van der Waals surface area contributed by atoms with Gasteiger partial charge in [0.1, 0.15) is 5.88 Å². The normalized spacial score (nSPS) is 16.5. The van der Waals surface area contributed by atoms with Crippen molar-refractivity contribution in [2.24, 2.45) is 0 Å². The number of fused-ring (bicyclic) bond motifs is 1. The van der Waals surface area contributed by atoms with Crippen molar-refractivity contribution in [3.05, 3.63) is 35.5 Å². The first-order chi connectivity index (χ1) is 8.80. The summed E-state index contributed by atoms with van der Waals surface area (Å²) in [6, 6.07) is 3.94. The minimum absolute atomic E-state index is 0.0352. The van der Waals surface area contributed by atoms with Gasteiger partial charge in [0, 0.05) is 29.5 Å². The van der Waals surface area contributed by atoms with Gasteiger partial charge in [0.25, 0.3) is 0 Å². The Morgan fingerprint density at radius 1 is 1.47 bits per heavy atom. The van der Waals surface area contributed by atoms with Gasteiger partial charge in [-0.05, 0) is 30.2 Å². The van der Waals surface area contributed by atoms with E-state index in [1.54, 1.807) is 0 Å². The molecule has 0 saturated carbocycles. The van der Waals surface area contributed by atoms with E-state index in [9.17, 15) is 4.79 Å². The molecule has 2 rings (SSSR count). The fourth-order valence-electron chi connectivity index (χ4n) is 2.79. The Labute approximate surface area is 119 Å². The van der Waals surface area contributed by atoms with Gasteiger partial charge in [-0.2, -0.15) is 0 Å². The number of hydrogen-bond acceptors (Lipinski definition) is 2. The number of halogens is 1. The van der Waals surface area contributed by atoms with Crippen LogP contribution in [0.1, 0.15) is 25.0 Å². The van der Waals surface area contributed by atoms with Crippen molar-refractivity contribution >= 4 is 28.9 Å². The predicted molar refractivity (Wildman–Crippen MR) is 81.1 cm³/mol. The second-order valence-electron chi connectivity index (χ2n) is 5.44. The van der Waals surface area contributed by atoms with E-state index in [0.29, 0.717) is 0 Å². The number of anilines is 2. The molecule has 0 bridgehead atoms. The summed E-state index contributed by atoms with van der Waals surface area (Å²) >= 11 is 5.54. The van der Waals surface area contributed by atoms with Crippen LogP contribution in [0.5, 0.6) is 0 Å². The maximum Gasteiger partial charge on any atom is 0.239 e. The summed E-state index contributed by atoms with van der Waals surface area (Å²) in [6.07, 6.45) is 0. The Morgan fingerprint density at radius 2 is 2.11 bits per heavy atom. The first kappa shape index (κ1) is 13.9. The van der Waals surface area contributed by atoms with E-state index < -0.39 is 0 Å². The van der Waals surface area contributed by atoms with E-state index in [4.69, 9.17) is 11.6 Å². The molecular weight excluding hydrogens is 260 g/mol. The second kappa shape index (κ2) is 4.57. The molecule has 1 N–H and O–H groups in total. The second-order valence-corrected chi connectivity index (χ2v) is 5.71. The van der Waals surface area contributed by atoms with Crippen molar-refractivity contribution in [2.45, 2.75) is 26.2 Å². The van der Waals surface area contributed by atoms with Crippen molar-refractivity contribution in [3.63, 3.8) is 0 Å². The molecule has 1 aromatic rings. The van der Waals surface area contributed by atoms with Gasteiger partial charge in [-0.25, -0.2) is 0 Å². The molecule has 0 aromatic heterocycles. The van der Waals surface area contributed by atoms with Gasteiger partial charge in [-0.3, -0.25) is 4.79 Å². The summed E-state index contributed by atoms with van der Waals surface area (Å²) in [4.78, 5) is 13.6. The topological polar surface area (TPSA) is 32.3 Å². The molecule has 0 saturated heterocycles. The van der Waals surface area contributed by atoms with E-state index >= 15 is 0 Å². The fraction of sp³-hybridized carbons (Fsp3) is 0.400. The van der Waals surface area contributed by atoms with Crippen LogP contribution >= 0.6 is 11.6 Å². The number of amides is 1. The zero-order valence-corrected chi connectivity index (χ0v) is 12.6. The Bertz CT molecular complexity index is 564. The Kier molecular flexibility index (Phi) is 3.35. The van der Waals surface area contributed by atoms with Crippen molar-refractivity contribution in [2.75, 3.05) is 23.1 Å². The van der Waals surface area contributed by atoms with Crippen LogP contribution in [0.15, 0.2) is 24.4 Å². The van der Waals surface area contributed by atoms with Crippen LogP contribution in [0.3, 0.4) is 0 Å². The van der Waals surface area contributed by atoms with Crippen LogP contribution in [0.25, 0.3) is 0 Å². The fourth-order valence-corrected chi connectivity index (χ4v) is 2.86. The largest absolute Gasteiger partial charge is 0.348 e. The first-order valence-electron chi connectivity index (χ1n) is 6.23. The molecule has 1 heterocycles. The number of allylic oxidation sites excluding steroid dienone is 1. The first-order valence-corrected chi connectivity index (χ1v) is 6.77. The maximum absolute atomic E-state index is 11.5. The Balaban J connectivity index is 2.55. The van der Waals surface area contributed by atoms with Crippen molar-refractivity contribution < 1.29 is 4.79 Å². The van der Waals surface area contributed by atoms with Crippen LogP contribution in [0.2, 0.25) is 0 Å². The standard InChI is InChI=1S/C15H19ClN2O/c1-9-11(17-13(19)8-16)6-7-12-14(9)15(3,4)10(2)18(12)5/h6-7H,2,8H2,1,3-5H3,(H,17,19). The Morgan fingerprint density at radius 3 is 2.68 bits per heavy atom. The number of likely N-dealkylation sites (N-methyl/N-ethyl adjacent to an activating group) is 1. The van der Waals surface area contributed by atoms with Gasteiger partial charge < -0.3 is 10.2 Å². The molecule has 19 heavy (non-hydrogen) atoms. The monoisotopic (exact) mass is 278 g/mol. The number of hydrogen-bond donors (Lipinski definition) is 1. The van der Waals surface area contributed by atoms with Crippen LogP contribution in [-0.4, -0.2) is 18.8 Å². The van der Waals surface area contributed by atoms with Gasteiger partial charge in [0.15, 0.2) is 0 Å². The van der Waals surface area contributed by atoms with E-state index in [1.807, 2.05) is 26.1 Å². The molecule has 0 fully saturated rings.